The summed E-state index contributed by atoms with van der Waals surface area (Å²) in [6.45, 7) is 3.69. The Kier molecular flexibility index (Phi) is 6.25. The van der Waals surface area contributed by atoms with Gasteiger partial charge in [0.05, 0.1) is 0 Å². The molecule has 0 saturated heterocycles. The van der Waals surface area contributed by atoms with Crippen molar-refractivity contribution in [2.45, 2.75) is 31.1 Å². The monoisotopic (exact) mass is 264 g/mol. The fraction of sp³-hybridized carbons (Fsp3) is 0.800. The molecule has 0 aliphatic heterocycles. The lowest BCUT2D eigenvalue weighted by atomic mass is 10.1. The van der Waals surface area contributed by atoms with Gasteiger partial charge in [-0.05, 0) is 0 Å². The molecule has 0 spiro atoms. The number of hydrogen-bond acceptors (Lipinski definition) is 4. The minimum Gasteiger partial charge on any atom is -0.347 e. The van der Waals surface area contributed by atoms with Crippen LogP contribution in [0.15, 0.2) is 0 Å². The van der Waals surface area contributed by atoms with Crippen LogP contribution < -0.4 is 5.32 Å². The summed E-state index contributed by atoms with van der Waals surface area (Å²) >= 11 is 8.32. The highest BCUT2D eigenvalue weighted by atomic mass is 32.1. The molecule has 16 heavy (non-hydrogen) atoms. The van der Waals surface area contributed by atoms with Crippen LogP contribution in [-0.4, -0.2) is 47.4 Å². The highest BCUT2D eigenvalue weighted by molar-refractivity contribution is 7.81. The summed E-state index contributed by atoms with van der Waals surface area (Å²) in [5.41, 5.74) is 0. The van der Waals surface area contributed by atoms with Gasteiger partial charge in [-0.1, -0.05) is 13.8 Å². The summed E-state index contributed by atoms with van der Waals surface area (Å²) in [5.74, 6) is -0.0509. The molecule has 94 valence electrons. The topological polar surface area (TPSA) is 49.4 Å². The first-order chi connectivity index (χ1) is 7.17. The summed E-state index contributed by atoms with van der Waals surface area (Å²) in [7, 11) is 3.29. The van der Waals surface area contributed by atoms with E-state index in [2.05, 4.69) is 30.6 Å². The number of nitrogens with zero attached hydrogens (tertiary/aromatic N) is 1. The lowest BCUT2D eigenvalue weighted by Gasteiger charge is -2.22. The first-order valence-electron chi connectivity index (χ1n) is 5.01. The van der Waals surface area contributed by atoms with Crippen molar-refractivity contribution < 1.29 is 9.59 Å². The number of likely N-dealkylation sites (N-methyl/N-ethyl adjacent to an activating group) is 1. The highest BCUT2D eigenvalue weighted by Gasteiger charge is 2.23. The molecule has 0 aliphatic carbocycles. The van der Waals surface area contributed by atoms with Gasteiger partial charge in [-0.15, -0.1) is 0 Å². The first kappa shape index (κ1) is 15.6. The number of carbonyl (C=O) groups is 2. The fourth-order valence-electron chi connectivity index (χ4n) is 1.14. The molecule has 4 nitrogen and oxygen atoms in total. The van der Waals surface area contributed by atoms with Gasteiger partial charge in [0.1, 0.15) is 6.04 Å². The SMILES string of the molecule is CN(C)C(=O)C(CS)NC(=O)CC(C)(C)S. The van der Waals surface area contributed by atoms with Crippen LogP contribution in [0.4, 0.5) is 0 Å². The summed E-state index contributed by atoms with van der Waals surface area (Å²) in [4.78, 5) is 24.6. The van der Waals surface area contributed by atoms with Crippen molar-refractivity contribution in [3.8, 4) is 0 Å². The molecule has 0 rings (SSSR count). The van der Waals surface area contributed by atoms with E-state index in [0.29, 0.717) is 0 Å². The van der Waals surface area contributed by atoms with Gasteiger partial charge in [-0.2, -0.15) is 25.3 Å². The van der Waals surface area contributed by atoms with Crippen molar-refractivity contribution >= 4 is 37.1 Å². The molecule has 2 amide bonds. The van der Waals surface area contributed by atoms with Crippen molar-refractivity contribution in [2.75, 3.05) is 19.8 Å². The van der Waals surface area contributed by atoms with Gasteiger partial charge < -0.3 is 10.2 Å². The molecule has 1 N–H and O–H groups in total. The highest BCUT2D eigenvalue weighted by Crippen LogP contribution is 2.16. The van der Waals surface area contributed by atoms with Gasteiger partial charge in [-0.25, -0.2) is 0 Å². The lowest BCUT2D eigenvalue weighted by molar-refractivity contribution is -0.133. The minimum atomic E-state index is -0.568. The smallest absolute Gasteiger partial charge is 0.245 e. The zero-order chi connectivity index (χ0) is 12.9. The zero-order valence-electron chi connectivity index (χ0n) is 10.1. The molecule has 1 unspecified atom stereocenters. The Labute approximate surface area is 108 Å². The van der Waals surface area contributed by atoms with E-state index in [0.717, 1.165) is 0 Å². The second kappa shape index (κ2) is 6.39. The Morgan fingerprint density at radius 1 is 1.38 bits per heavy atom. The van der Waals surface area contributed by atoms with Crippen molar-refractivity contribution in [3.63, 3.8) is 0 Å². The molecular weight excluding hydrogens is 244 g/mol. The van der Waals surface area contributed by atoms with Crippen LogP contribution in [-0.2, 0) is 9.59 Å². The van der Waals surface area contributed by atoms with Crippen molar-refractivity contribution in [3.05, 3.63) is 0 Å². The van der Waals surface area contributed by atoms with Gasteiger partial charge in [0.15, 0.2) is 0 Å². The van der Waals surface area contributed by atoms with Crippen LogP contribution in [0.2, 0.25) is 0 Å². The van der Waals surface area contributed by atoms with E-state index in [1.807, 2.05) is 13.8 Å². The summed E-state index contributed by atoms with van der Waals surface area (Å²) in [6, 6.07) is -0.568. The van der Waals surface area contributed by atoms with Crippen LogP contribution in [0.25, 0.3) is 0 Å². The van der Waals surface area contributed by atoms with Gasteiger partial charge in [-0.3, -0.25) is 9.59 Å². The largest absolute Gasteiger partial charge is 0.347 e. The van der Waals surface area contributed by atoms with E-state index in [9.17, 15) is 9.59 Å². The standard InChI is InChI=1S/C10H20N2O2S2/c1-10(2,16)5-8(13)11-7(6-15)9(14)12(3)4/h7,15-16H,5-6H2,1-4H3,(H,11,13). The molecule has 0 radical (unpaired) electrons. The molecule has 0 aliphatic rings. The van der Waals surface area contributed by atoms with Gasteiger partial charge in [0.2, 0.25) is 11.8 Å². The molecule has 0 aromatic rings. The number of nitrogens with one attached hydrogen (secondary N) is 1. The predicted molar refractivity (Wildman–Crippen MR) is 72.2 cm³/mol. The quantitative estimate of drug-likeness (QED) is 0.637. The molecule has 0 saturated carbocycles. The average molecular weight is 264 g/mol. The molecule has 6 heteroatoms. The Balaban J connectivity index is 4.34. The number of rotatable bonds is 5. The Hall–Kier alpha value is -0.360. The number of hydrogen-bond donors (Lipinski definition) is 3. The second-order valence-electron chi connectivity index (χ2n) is 4.52. The Morgan fingerprint density at radius 2 is 1.88 bits per heavy atom. The molecule has 0 aromatic carbocycles. The maximum absolute atomic E-state index is 11.6. The van der Waals surface area contributed by atoms with Crippen LogP contribution >= 0.6 is 25.3 Å². The van der Waals surface area contributed by atoms with E-state index < -0.39 is 6.04 Å². The molecule has 0 fully saturated rings. The Morgan fingerprint density at radius 3 is 2.19 bits per heavy atom. The third kappa shape index (κ3) is 6.27. The maximum atomic E-state index is 11.6. The van der Waals surface area contributed by atoms with E-state index in [1.54, 1.807) is 14.1 Å². The summed E-state index contributed by atoms with van der Waals surface area (Å²) < 4.78 is -0.383. The van der Waals surface area contributed by atoms with Gasteiger partial charge in [0.25, 0.3) is 0 Å². The van der Waals surface area contributed by atoms with Gasteiger partial charge >= 0.3 is 0 Å². The molecule has 0 aromatic heterocycles. The van der Waals surface area contributed by atoms with E-state index >= 15 is 0 Å². The van der Waals surface area contributed by atoms with Crippen LogP contribution in [0.1, 0.15) is 20.3 Å². The third-order valence-corrected chi connectivity index (χ3v) is 2.37. The second-order valence-corrected chi connectivity index (χ2v) is 6.10. The van der Waals surface area contributed by atoms with E-state index in [4.69, 9.17) is 0 Å². The Bertz CT molecular complexity index is 262. The van der Waals surface area contributed by atoms with Crippen LogP contribution in [0, 0.1) is 0 Å². The van der Waals surface area contributed by atoms with E-state index in [-0.39, 0.29) is 28.7 Å². The predicted octanol–water partition coefficient (Wildman–Crippen LogP) is 0.588. The number of thiol groups is 2. The molecule has 1 atom stereocenters. The van der Waals surface area contributed by atoms with Crippen molar-refractivity contribution in [1.82, 2.24) is 10.2 Å². The third-order valence-electron chi connectivity index (χ3n) is 1.85. The molecule has 0 bridgehead atoms. The van der Waals surface area contributed by atoms with Crippen molar-refractivity contribution in [2.24, 2.45) is 0 Å². The lowest BCUT2D eigenvalue weighted by Crippen LogP contribution is -2.48. The summed E-state index contributed by atoms with van der Waals surface area (Å²) in [5, 5.41) is 2.65. The minimum absolute atomic E-state index is 0.152. The van der Waals surface area contributed by atoms with Crippen molar-refractivity contribution in [1.29, 1.82) is 0 Å². The number of carbonyl (C=O) groups excluding carboxylic acids is 2. The zero-order valence-corrected chi connectivity index (χ0v) is 11.9. The van der Waals surface area contributed by atoms with Crippen LogP contribution in [0.5, 0.6) is 0 Å². The average Bonchev–Trinajstić information content (AvgIpc) is 2.09. The van der Waals surface area contributed by atoms with Crippen LogP contribution in [0.3, 0.4) is 0 Å². The van der Waals surface area contributed by atoms with E-state index in [1.165, 1.54) is 4.90 Å². The number of amides is 2. The first-order valence-corrected chi connectivity index (χ1v) is 6.09. The van der Waals surface area contributed by atoms with Gasteiger partial charge in [0, 0.05) is 31.0 Å². The normalized spacial score (nSPS) is 13.1. The maximum Gasteiger partial charge on any atom is 0.245 e. The molecule has 0 heterocycles. The summed E-state index contributed by atoms with van der Waals surface area (Å²) in [6.07, 6.45) is 0.265. The fourth-order valence-corrected chi connectivity index (χ4v) is 1.53. The molecular formula is C10H20N2O2S2.